The van der Waals surface area contributed by atoms with E-state index >= 15 is 0 Å². The van der Waals surface area contributed by atoms with Crippen molar-refractivity contribution in [3.8, 4) is 0 Å². The molecule has 4 heteroatoms. The van der Waals surface area contributed by atoms with Crippen molar-refractivity contribution in [2.24, 2.45) is 0 Å². The molecule has 0 fully saturated rings. The molecule has 0 aliphatic carbocycles. The smallest absolute Gasteiger partial charge is 0.117 e. The second-order valence-electron chi connectivity index (χ2n) is 5.40. The van der Waals surface area contributed by atoms with Crippen LogP contribution in [0.4, 0.5) is 0 Å². The van der Waals surface area contributed by atoms with Gasteiger partial charge in [-0.3, -0.25) is 4.90 Å². The van der Waals surface area contributed by atoms with Gasteiger partial charge in [0.15, 0.2) is 0 Å². The van der Waals surface area contributed by atoms with Crippen LogP contribution in [0.3, 0.4) is 0 Å². The highest BCUT2D eigenvalue weighted by molar-refractivity contribution is 4.97. The fraction of sp³-hybridized carbons (Fsp3) is 0.733. The van der Waals surface area contributed by atoms with E-state index in [9.17, 15) is 0 Å². The molecule has 0 aliphatic heterocycles. The van der Waals surface area contributed by atoms with Crippen LogP contribution in [-0.2, 0) is 6.54 Å². The summed E-state index contributed by atoms with van der Waals surface area (Å²) in [5.41, 5.74) is 0. The molecule has 0 aliphatic rings. The summed E-state index contributed by atoms with van der Waals surface area (Å²) in [4.78, 5) is 4.79. The van der Waals surface area contributed by atoms with Crippen molar-refractivity contribution in [1.29, 1.82) is 0 Å². The lowest BCUT2D eigenvalue weighted by atomic mass is 10.2. The standard InChI is InChI=1S/C15H29N3O/c1-5-8-18(10-9-17(3)4)14(2)12-16-13-15-7-6-11-19-15/h6-7,11,14,16H,5,8-10,12-13H2,1-4H3. The van der Waals surface area contributed by atoms with Gasteiger partial charge in [0, 0.05) is 25.7 Å². The summed E-state index contributed by atoms with van der Waals surface area (Å²) in [6.07, 6.45) is 2.93. The van der Waals surface area contributed by atoms with E-state index in [0.717, 1.165) is 38.5 Å². The van der Waals surface area contributed by atoms with Crippen LogP contribution in [-0.4, -0.2) is 56.1 Å². The van der Waals surface area contributed by atoms with Gasteiger partial charge in [-0.25, -0.2) is 0 Å². The van der Waals surface area contributed by atoms with E-state index in [1.165, 1.54) is 6.42 Å². The van der Waals surface area contributed by atoms with E-state index in [4.69, 9.17) is 4.42 Å². The normalized spacial score (nSPS) is 13.4. The van der Waals surface area contributed by atoms with E-state index in [1.807, 2.05) is 12.1 Å². The first-order valence-electron chi connectivity index (χ1n) is 7.25. The summed E-state index contributed by atoms with van der Waals surface area (Å²) >= 11 is 0. The molecule has 110 valence electrons. The molecule has 1 rings (SSSR count). The summed E-state index contributed by atoms with van der Waals surface area (Å²) in [5, 5.41) is 3.47. The number of furan rings is 1. The Hall–Kier alpha value is -0.840. The van der Waals surface area contributed by atoms with Crippen molar-refractivity contribution in [2.45, 2.75) is 32.9 Å². The van der Waals surface area contributed by atoms with Gasteiger partial charge in [-0.05, 0) is 46.1 Å². The van der Waals surface area contributed by atoms with Crippen LogP contribution < -0.4 is 5.32 Å². The minimum atomic E-state index is 0.551. The largest absolute Gasteiger partial charge is 0.468 e. The molecular weight excluding hydrogens is 238 g/mol. The second kappa shape index (κ2) is 9.13. The summed E-state index contributed by atoms with van der Waals surface area (Å²) in [6.45, 7) is 9.75. The van der Waals surface area contributed by atoms with E-state index in [1.54, 1.807) is 6.26 Å². The van der Waals surface area contributed by atoms with Gasteiger partial charge in [-0.1, -0.05) is 6.92 Å². The Kier molecular flexibility index (Phi) is 7.79. The molecule has 19 heavy (non-hydrogen) atoms. The van der Waals surface area contributed by atoms with Crippen molar-refractivity contribution in [3.63, 3.8) is 0 Å². The van der Waals surface area contributed by atoms with Crippen LogP contribution >= 0.6 is 0 Å². The molecule has 1 N–H and O–H groups in total. The Morgan fingerprint density at radius 3 is 2.63 bits per heavy atom. The van der Waals surface area contributed by atoms with Gasteiger partial charge in [0.25, 0.3) is 0 Å². The highest BCUT2D eigenvalue weighted by Crippen LogP contribution is 2.02. The van der Waals surface area contributed by atoms with Crippen molar-refractivity contribution in [1.82, 2.24) is 15.1 Å². The van der Waals surface area contributed by atoms with E-state index in [2.05, 4.69) is 43.1 Å². The molecule has 4 nitrogen and oxygen atoms in total. The number of nitrogens with one attached hydrogen (secondary N) is 1. The predicted molar refractivity (Wildman–Crippen MR) is 80.3 cm³/mol. The maximum absolute atomic E-state index is 5.32. The number of nitrogens with zero attached hydrogens (tertiary/aromatic N) is 2. The molecule has 0 radical (unpaired) electrons. The molecule has 0 saturated carbocycles. The molecule has 1 unspecified atom stereocenters. The Morgan fingerprint density at radius 1 is 1.26 bits per heavy atom. The maximum atomic E-state index is 5.32. The zero-order valence-corrected chi connectivity index (χ0v) is 12.9. The molecule has 0 bridgehead atoms. The monoisotopic (exact) mass is 267 g/mol. The van der Waals surface area contributed by atoms with Gasteiger partial charge in [0.05, 0.1) is 12.8 Å². The van der Waals surface area contributed by atoms with Crippen LogP contribution in [0.2, 0.25) is 0 Å². The Bertz CT molecular complexity index is 311. The average Bonchev–Trinajstić information content (AvgIpc) is 2.87. The summed E-state index contributed by atoms with van der Waals surface area (Å²) in [6, 6.07) is 4.49. The van der Waals surface area contributed by atoms with E-state index in [-0.39, 0.29) is 0 Å². The lowest BCUT2D eigenvalue weighted by Gasteiger charge is -2.30. The first kappa shape index (κ1) is 16.2. The molecule has 0 aromatic carbocycles. The number of likely N-dealkylation sites (N-methyl/N-ethyl adjacent to an activating group) is 1. The minimum absolute atomic E-state index is 0.551. The molecule has 0 spiro atoms. The third kappa shape index (κ3) is 6.76. The van der Waals surface area contributed by atoms with Crippen molar-refractivity contribution >= 4 is 0 Å². The lowest BCUT2D eigenvalue weighted by molar-refractivity contribution is 0.184. The quantitative estimate of drug-likeness (QED) is 0.703. The maximum Gasteiger partial charge on any atom is 0.117 e. The average molecular weight is 267 g/mol. The molecule has 1 aromatic heterocycles. The number of rotatable bonds is 10. The first-order chi connectivity index (χ1) is 9.13. The lowest BCUT2D eigenvalue weighted by Crippen LogP contribution is -2.43. The molecule has 0 saturated heterocycles. The van der Waals surface area contributed by atoms with Crippen molar-refractivity contribution < 1.29 is 4.42 Å². The van der Waals surface area contributed by atoms with Gasteiger partial charge in [0.1, 0.15) is 5.76 Å². The highest BCUT2D eigenvalue weighted by atomic mass is 16.3. The zero-order valence-electron chi connectivity index (χ0n) is 12.9. The fourth-order valence-corrected chi connectivity index (χ4v) is 2.11. The molecular formula is C15H29N3O. The number of hydrogen-bond donors (Lipinski definition) is 1. The van der Waals surface area contributed by atoms with Gasteiger partial charge in [0.2, 0.25) is 0 Å². The highest BCUT2D eigenvalue weighted by Gasteiger charge is 2.12. The fourth-order valence-electron chi connectivity index (χ4n) is 2.11. The summed E-state index contributed by atoms with van der Waals surface area (Å²) in [5.74, 6) is 1.00. The van der Waals surface area contributed by atoms with Crippen LogP contribution in [0, 0.1) is 0 Å². The molecule has 0 amide bonds. The number of hydrogen-bond acceptors (Lipinski definition) is 4. The van der Waals surface area contributed by atoms with Gasteiger partial charge in [-0.2, -0.15) is 0 Å². The second-order valence-corrected chi connectivity index (χ2v) is 5.40. The SMILES string of the molecule is CCCN(CCN(C)C)C(C)CNCc1ccco1. The van der Waals surface area contributed by atoms with Crippen LogP contribution in [0.1, 0.15) is 26.0 Å². The van der Waals surface area contributed by atoms with E-state index in [0.29, 0.717) is 6.04 Å². The summed E-state index contributed by atoms with van der Waals surface area (Å²) < 4.78 is 5.32. The Balaban J connectivity index is 2.27. The molecule has 1 atom stereocenters. The molecule has 1 heterocycles. The third-order valence-electron chi connectivity index (χ3n) is 3.29. The van der Waals surface area contributed by atoms with Crippen LogP contribution in [0.15, 0.2) is 22.8 Å². The zero-order chi connectivity index (χ0) is 14.1. The minimum Gasteiger partial charge on any atom is -0.468 e. The third-order valence-corrected chi connectivity index (χ3v) is 3.29. The van der Waals surface area contributed by atoms with Gasteiger partial charge in [-0.15, -0.1) is 0 Å². The molecule has 1 aromatic rings. The predicted octanol–water partition coefficient (Wildman–Crippen LogP) is 2.03. The van der Waals surface area contributed by atoms with E-state index < -0.39 is 0 Å². The van der Waals surface area contributed by atoms with Crippen LogP contribution in [0.5, 0.6) is 0 Å². The van der Waals surface area contributed by atoms with Crippen molar-refractivity contribution in [2.75, 3.05) is 40.3 Å². The Labute approximate surface area is 117 Å². The van der Waals surface area contributed by atoms with Crippen LogP contribution in [0.25, 0.3) is 0 Å². The Morgan fingerprint density at radius 2 is 2.05 bits per heavy atom. The summed E-state index contributed by atoms with van der Waals surface area (Å²) in [7, 11) is 4.26. The topological polar surface area (TPSA) is 31.6 Å². The van der Waals surface area contributed by atoms with Crippen molar-refractivity contribution in [3.05, 3.63) is 24.2 Å². The van der Waals surface area contributed by atoms with Gasteiger partial charge >= 0.3 is 0 Å². The van der Waals surface area contributed by atoms with Gasteiger partial charge < -0.3 is 14.6 Å². The first-order valence-corrected chi connectivity index (χ1v) is 7.25.